The lowest BCUT2D eigenvalue weighted by molar-refractivity contribution is -0.141. The van der Waals surface area contributed by atoms with Gasteiger partial charge in [-0.25, -0.2) is 4.79 Å². The van der Waals surface area contributed by atoms with Crippen LogP contribution in [0.2, 0.25) is 0 Å². The lowest BCUT2D eigenvalue weighted by Gasteiger charge is -2.29. The van der Waals surface area contributed by atoms with Crippen LogP contribution in [0.1, 0.15) is 115 Å². The summed E-state index contributed by atoms with van der Waals surface area (Å²) in [5.41, 5.74) is 1.85. The van der Waals surface area contributed by atoms with E-state index in [2.05, 4.69) is 35.1 Å². The van der Waals surface area contributed by atoms with Crippen LogP contribution in [-0.4, -0.2) is 59.9 Å². The molecule has 3 aliphatic rings. The number of ether oxygens (including phenoxy) is 1. The van der Waals surface area contributed by atoms with E-state index >= 15 is 0 Å². The third-order valence-electron chi connectivity index (χ3n) is 9.79. The topological polar surface area (TPSA) is 143 Å². The van der Waals surface area contributed by atoms with Crippen molar-refractivity contribution in [2.24, 2.45) is 11.8 Å². The van der Waals surface area contributed by atoms with E-state index in [0.717, 1.165) is 81.8 Å². The standard InChI is InChI=1S/C36H54N4O6/c1-4-18-36(19-5-2)23-27(32(42)40-36)22-29(31(41)34(44)37-28-15-16-28)38-33(43)30(21-26-9-7-6-8-10-26)39-35(45)46-20-17-25-13-11-24(3)12-14-25/h11-14,26-30H,4-10,15-23H2,1-3H3,(H,37,44)(H,38,43)(H,39,45)(H,40,42)/t27?,29?,30-/m0/s1. The number of carbonyl (C=O) groups is 5. The number of amides is 4. The van der Waals surface area contributed by atoms with Crippen LogP contribution in [0.4, 0.5) is 4.79 Å². The lowest BCUT2D eigenvalue weighted by atomic mass is 9.82. The maximum Gasteiger partial charge on any atom is 0.407 e. The Labute approximate surface area is 273 Å². The second kappa shape index (κ2) is 16.9. The Balaban J connectivity index is 1.45. The van der Waals surface area contributed by atoms with Crippen molar-refractivity contribution < 1.29 is 28.7 Å². The number of rotatable bonds is 17. The van der Waals surface area contributed by atoms with Gasteiger partial charge in [-0.15, -0.1) is 0 Å². The highest BCUT2D eigenvalue weighted by atomic mass is 16.5. The molecule has 4 rings (SSSR count). The van der Waals surface area contributed by atoms with Crippen LogP contribution in [0.25, 0.3) is 0 Å². The minimum Gasteiger partial charge on any atom is -0.449 e. The van der Waals surface area contributed by atoms with Crippen molar-refractivity contribution in [3.05, 3.63) is 35.4 Å². The molecule has 46 heavy (non-hydrogen) atoms. The lowest BCUT2D eigenvalue weighted by Crippen LogP contribution is -2.55. The Bertz CT molecular complexity index is 1200. The molecule has 1 aromatic carbocycles. The fourth-order valence-electron chi connectivity index (χ4n) is 7.20. The molecule has 3 fully saturated rings. The van der Waals surface area contributed by atoms with E-state index in [4.69, 9.17) is 4.74 Å². The van der Waals surface area contributed by atoms with Crippen molar-refractivity contribution in [1.82, 2.24) is 21.3 Å². The zero-order valence-electron chi connectivity index (χ0n) is 28.0. The number of nitrogens with one attached hydrogen (secondary N) is 4. The molecular weight excluding hydrogens is 584 g/mol. The number of hydrogen-bond acceptors (Lipinski definition) is 6. The van der Waals surface area contributed by atoms with Crippen LogP contribution in [-0.2, 0) is 30.3 Å². The fourth-order valence-corrected chi connectivity index (χ4v) is 7.20. The molecule has 0 bridgehead atoms. The molecule has 2 saturated carbocycles. The van der Waals surface area contributed by atoms with Crippen LogP contribution < -0.4 is 21.3 Å². The van der Waals surface area contributed by atoms with Crippen molar-refractivity contribution in [2.75, 3.05) is 6.61 Å². The number of alkyl carbamates (subject to hydrolysis) is 1. The van der Waals surface area contributed by atoms with E-state index < -0.39 is 41.7 Å². The van der Waals surface area contributed by atoms with Crippen molar-refractivity contribution in [1.29, 1.82) is 0 Å². The Morgan fingerprint density at radius 2 is 1.59 bits per heavy atom. The van der Waals surface area contributed by atoms with Crippen LogP contribution in [0.3, 0.4) is 0 Å². The largest absolute Gasteiger partial charge is 0.449 e. The smallest absolute Gasteiger partial charge is 0.407 e. The van der Waals surface area contributed by atoms with Gasteiger partial charge in [0.25, 0.3) is 5.91 Å². The molecule has 1 heterocycles. The molecule has 4 amide bonds. The summed E-state index contributed by atoms with van der Waals surface area (Å²) in [5, 5.41) is 11.5. The van der Waals surface area contributed by atoms with E-state index in [0.29, 0.717) is 19.3 Å². The van der Waals surface area contributed by atoms with Crippen molar-refractivity contribution in [3.63, 3.8) is 0 Å². The zero-order valence-corrected chi connectivity index (χ0v) is 28.0. The highest BCUT2D eigenvalue weighted by molar-refractivity contribution is 6.38. The number of carbonyl (C=O) groups excluding carboxylic acids is 5. The maximum atomic E-state index is 13.9. The predicted octanol–water partition coefficient (Wildman–Crippen LogP) is 4.80. The van der Waals surface area contributed by atoms with Gasteiger partial charge in [0.2, 0.25) is 17.6 Å². The maximum absolute atomic E-state index is 13.9. The van der Waals surface area contributed by atoms with Gasteiger partial charge in [-0.3, -0.25) is 19.2 Å². The molecule has 3 atom stereocenters. The van der Waals surface area contributed by atoms with Gasteiger partial charge in [0.15, 0.2) is 0 Å². The quantitative estimate of drug-likeness (QED) is 0.181. The molecule has 0 radical (unpaired) electrons. The first-order valence-corrected chi connectivity index (χ1v) is 17.6. The summed E-state index contributed by atoms with van der Waals surface area (Å²) < 4.78 is 5.46. The summed E-state index contributed by atoms with van der Waals surface area (Å²) in [5.74, 6) is -2.46. The molecule has 254 valence electrons. The Kier molecular flexibility index (Phi) is 13.0. The summed E-state index contributed by atoms with van der Waals surface area (Å²) >= 11 is 0. The fraction of sp³-hybridized carbons (Fsp3) is 0.694. The van der Waals surface area contributed by atoms with Gasteiger partial charge in [0.05, 0.1) is 12.6 Å². The molecule has 0 aromatic heterocycles. The summed E-state index contributed by atoms with van der Waals surface area (Å²) in [6.07, 6.45) is 11.1. The third-order valence-corrected chi connectivity index (χ3v) is 9.79. The number of ketones is 1. The number of benzene rings is 1. The van der Waals surface area contributed by atoms with Gasteiger partial charge >= 0.3 is 6.09 Å². The van der Waals surface area contributed by atoms with Crippen molar-refractivity contribution in [3.8, 4) is 0 Å². The van der Waals surface area contributed by atoms with E-state index in [9.17, 15) is 24.0 Å². The molecule has 1 saturated heterocycles. The van der Waals surface area contributed by atoms with Crippen LogP contribution in [0.5, 0.6) is 0 Å². The predicted molar refractivity (Wildman–Crippen MR) is 176 cm³/mol. The monoisotopic (exact) mass is 638 g/mol. The molecule has 0 spiro atoms. The highest BCUT2D eigenvalue weighted by Gasteiger charge is 2.45. The minimum atomic E-state index is -1.19. The van der Waals surface area contributed by atoms with Gasteiger partial charge in [-0.05, 0) is 63.4 Å². The van der Waals surface area contributed by atoms with E-state index in [1.165, 1.54) is 0 Å². The molecular formula is C36H54N4O6. The SMILES string of the molecule is CCCC1(CCC)CC(CC(NC(=O)[C@H](CC2CCCCC2)NC(=O)OCCc2ccc(C)cc2)C(=O)C(=O)NC2CC2)C(=O)N1. The zero-order chi connectivity index (χ0) is 33.1. The molecule has 1 aromatic rings. The Morgan fingerprint density at radius 1 is 0.913 bits per heavy atom. The number of aryl methyl sites for hydroxylation is 1. The van der Waals surface area contributed by atoms with Crippen LogP contribution >= 0.6 is 0 Å². The molecule has 4 N–H and O–H groups in total. The summed E-state index contributed by atoms with van der Waals surface area (Å²) in [7, 11) is 0. The second-order valence-electron chi connectivity index (χ2n) is 13.9. The van der Waals surface area contributed by atoms with Gasteiger partial charge in [0, 0.05) is 23.9 Å². The average molecular weight is 639 g/mol. The second-order valence-corrected chi connectivity index (χ2v) is 13.9. The average Bonchev–Trinajstić information content (AvgIpc) is 3.79. The first-order chi connectivity index (χ1) is 22.1. The third kappa shape index (κ3) is 10.6. The summed E-state index contributed by atoms with van der Waals surface area (Å²) in [6.45, 7) is 6.33. The highest BCUT2D eigenvalue weighted by Crippen LogP contribution is 2.36. The summed E-state index contributed by atoms with van der Waals surface area (Å²) in [4.78, 5) is 66.4. The van der Waals surface area contributed by atoms with E-state index in [1.807, 2.05) is 31.2 Å². The van der Waals surface area contributed by atoms with E-state index in [-0.39, 0.29) is 36.4 Å². The van der Waals surface area contributed by atoms with E-state index in [1.54, 1.807) is 0 Å². The summed E-state index contributed by atoms with van der Waals surface area (Å²) in [6, 6.07) is 5.84. The van der Waals surface area contributed by atoms with Gasteiger partial charge in [-0.1, -0.05) is 88.6 Å². The normalized spacial score (nSPS) is 20.7. The first-order valence-electron chi connectivity index (χ1n) is 17.6. The molecule has 10 heteroatoms. The number of Topliss-reactive ketones (excluding diaryl/α,β-unsaturated/α-hetero) is 1. The first kappa shape index (κ1) is 35.4. The van der Waals surface area contributed by atoms with Gasteiger partial charge < -0.3 is 26.0 Å². The molecule has 2 unspecified atom stereocenters. The number of hydrogen-bond donors (Lipinski definition) is 4. The van der Waals surface area contributed by atoms with Crippen molar-refractivity contribution in [2.45, 2.75) is 141 Å². The van der Waals surface area contributed by atoms with Gasteiger partial charge in [0.1, 0.15) is 6.04 Å². The van der Waals surface area contributed by atoms with Crippen molar-refractivity contribution >= 4 is 29.6 Å². The van der Waals surface area contributed by atoms with Gasteiger partial charge in [-0.2, -0.15) is 0 Å². The van der Waals surface area contributed by atoms with Crippen LogP contribution in [0.15, 0.2) is 24.3 Å². The molecule has 2 aliphatic carbocycles. The Morgan fingerprint density at radius 3 is 2.22 bits per heavy atom. The molecule has 1 aliphatic heterocycles. The minimum absolute atomic E-state index is 0.0280. The Hall–Kier alpha value is -3.43. The van der Waals surface area contributed by atoms with Crippen LogP contribution in [0, 0.1) is 18.8 Å². The molecule has 10 nitrogen and oxygen atoms in total.